The zero-order chi connectivity index (χ0) is 26.7. The fourth-order valence-corrected chi connectivity index (χ4v) is 3.30. The molecular formula is C22H37N7O6. The van der Waals surface area contributed by atoms with Crippen molar-refractivity contribution in [3.63, 3.8) is 0 Å². The summed E-state index contributed by atoms with van der Waals surface area (Å²) >= 11 is 0. The van der Waals surface area contributed by atoms with E-state index in [-0.39, 0.29) is 18.3 Å². The molecule has 1 rings (SSSR count). The number of imidazole rings is 1. The Labute approximate surface area is 204 Å². The van der Waals surface area contributed by atoms with Crippen LogP contribution in [0, 0.1) is 11.8 Å². The van der Waals surface area contributed by atoms with Gasteiger partial charge in [0.2, 0.25) is 23.6 Å². The van der Waals surface area contributed by atoms with Gasteiger partial charge < -0.3 is 37.5 Å². The van der Waals surface area contributed by atoms with Gasteiger partial charge in [-0.2, -0.15) is 0 Å². The summed E-state index contributed by atoms with van der Waals surface area (Å²) in [5.74, 6) is -4.71. The van der Waals surface area contributed by atoms with Gasteiger partial charge in [-0.05, 0) is 11.8 Å². The molecule has 196 valence electrons. The number of amides is 4. The summed E-state index contributed by atoms with van der Waals surface area (Å²) in [5.41, 5.74) is 11.3. The number of H-pyrrole nitrogens is 1. The standard InChI is InChI=1S/C22H37N7O6/c1-5-11(3)17(21(33)29-18(22(34)35)12(4)6-2)28-20(32)15(7-13-9-25-10-26-13)27-19(31)14(23)8-16(24)30/h9-12,14-15,17-18H,5-8,23H2,1-4H3,(H2,24,30)(H,25,26)(H,27,31)(H,28,32)(H,29,33)(H,34,35). The SMILES string of the molecule is CCC(C)C(NC(=O)C(NC(=O)C(Cc1cnc[nH]1)NC(=O)C(N)CC(N)=O)C(C)CC)C(=O)O. The minimum atomic E-state index is -1.26. The molecule has 1 heterocycles. The second kappa shape index (κ2) is 14.0. The molecule has 0 aliphatic carbocycles. The number of carbonyl (C=O) groups is 5. The lowest BCUT2D eigenvalue weighted by atomic mass is 9.95. The Balaban J connectivity index is 3.10. The van der Waals surface area contributed by atoms with Crippen LogP contribution in [0.3, 0.4) is 0 Å². The largest absolute Gasteiger partial charge is 0.480 e. The lowest BCUT2D eigenvalue weighted by Crippen LogP contribution is -2.59. The smallest absolute Gasteiger partial charge is 0.326 e. The van der Waals surface area contributed by atoms with E-state index in [9.17, 15) is 29.1 Å². The Hall–Kier alpha value is -3.48. The fourth-order valence-electron chi connectivity index (χ4n) is 3.30. The number of rotatable bonds is 15. The van der Waals surface area contributed by atoms with Crippen molar-refractivity contribution in [2.24, 2.45) is 23.3 Å². The normalized spacial score (nSPS) is 16.1. The van der Waals surface area contributed by atoms with Crippen molar-refractivity contribution in [3.05, 3.63) is 18.2 Å². The maximum Gasteiger partial charge on any atom is 0.326 e. The first kappa shape index (κ1) is 29.6. The molecular weight excluding hydrogens is 458 g/mol. The average Bonchev–Trinajstić information content (AvgIpc) is 3.31. The molecule has 13 nitrogen and oxygen atoms in total. The number of carbonyl (C=O) groups excluding carboxylic acids is 4. The zero-order valence-corrected chi connectivity index (χ0v) is 20.5. The number of hydrogen-bond acceptors (Lipinski definition) is 7. The van der Waals surface area contributed by atoms with E-state index in [0.717, 1.165) is 0 Å². The number of primary amides is 1. The van der Waals surface area contributed by atoms with Crippen molar-refractivity contribution in [2.75, 3.05) is 0 Å². The summed E-state index contributed by atoms with van der Waals surface area (Å²) < 4.78 is 0. The van der Waals surface area contributed by atoms with Crippen LogP contribution in [-0.4, -0.2) is 68.8 Å². The predicted octanol–water partition coefficient (Wildman–Crippen LogP) is -1.21. The Morgan fingerprint density at radius 1 is 0.971 bits per heavy atom. The molecule has 0 fully saturated rings. The van der Waals surface area contributed by atoms with Crippen molar-refractivity contribution in [3.8, 4) is 0 Å². The topological polar surface area (TPSA) is 222 Å². The Bertz CT molecular complexity index is 876. The number of aliphatic carboxylic acids is 1. The summed E-state index contributed by atoms with van der Waals surface area (Å²) in [7, 11) is 0. The second-order valence-electron chi connectivity index (χ2n) is 8.70. The highest BCUT2D eigenvalue weighted by molar-refractivity contribution is 5.95. The van der Waals surface area contributed by atoms with Crippen LogP contribution in [0.25, 0.3) is 0 Å². The lowest BCUT2D eigenvalue weighted by Gasteiger charge is -2.29. The van der Waals surface area contributed by atoms with Crippen LogP contribution in [0.1, 0.15) is 52.7 Å². The van der Waals surface area contributed by atoms with Crippen molar-refractivity contribution < 1.29 is 29.1 Å². The highest BCUT2D eigenvalue weighted by atomic mass is 16.4. The quantitative estimate of drug-likeness (QED) is 0.156. The van der Waals surface area contributed by atoms with Gasteiger partial charge in [0, 0.05) is 18.3 Å². The molecule has 0 spiro atoms. The maximum absolute atomic E-state index is 13.2. The number of nitrogens with zero attached hydrogens (tertiary/aromatic N) is 1. The van der Waals surface area contributed by atoms with Crippen molar-refractivity contribution in [1.29, 1.82) is 0 Å². The molecule has 0 aliphatic rings. The molecule has 13 heteroatoms. The van der Waals surface area contributed by atoms with Gasteiger partial charge in [-0.3, -0.25) is 19.2 Å². The van der Waals surface area contributed by atoms with Crippen LogP contribution in [0.15, 0.2) is 12.5 Å². The van der Waals surface area contributed by atoms with Gasteiger partial charge in [-0.15, -0.1) is 0 Å². The number of aromatic nitrogens is 2. The predicted molar refractivity (Wildman–Crippen MR) is 126 cm³/mol. The lowest BCUT2D eigenvalue weighted by molar-refractivity contribution is -0.144. The van der Waals surface area contributed by atoms with Crippen molar-refractivity contribution in [2.45, 2.75) is 77.5 Å². The minimum absolute atomic E-state index is 0.000327. The Morgan fingerprint density at radius 3 is 2.03 bits per heavy atom. The van der Waals surface area contributed by atoms with Crippen LogP contribution in [0.2, 0.25) is 0 Å². The molecule has 0 radical (unpaired) electrons. The van der Waals surface area contributed by atoms with E-state index in [1.165, 1.54) is 12.5 Å². The molecule has 0 bridgehead atoms. The number of nitrogens with one attached hydrogen (secondary N) is 4. The molecule has 0 aliphatic heterocycles. The summed E-state index contributed by atoms with van der Waals surface area (Å²) in [6.07, 6.45) is 3.51. The van der Waals surface area contributed by atoms with Crippen LogP contribution in [-0.2, 0) is 30.4 Å². The van der Waals surface area contributed by atoms with Gasteiger partial charge in [0.1, 0.15) is 18.1 Å². The molecule has 6 unspecified atom stereocenters. The van der Waals surface area contributed by atoms with Crippen molar-refractivity contribution >= 4 is 29.6 Å². The van der Waals surface area contributed by atoms with E-state index in [0.29, 0.717) is 18.5 Å². The first-order chi connectivity index (χ1) is 16.4. The van der Waals surface area contributed by atoms with E-state index < -0.39 is 60.2 Å². The number of nitrogens with two attached hydrogens (primary N) is 2. The van der Waals surface area contributed by atoms with E-state index in [1.54, 1.807) is 13.8 Å². The number of aromatic amines is 1. The Kier molecular flexibility index (Phi) is 11.9. The highest BCUT2D eigenvalue weighted by Gasteiger charge is 2.34. The van der Waals surface area contributed by atoms with E-state index in [4.69, 9.17) is 11.5 Å². The van der Waals surface area contributed by atoms with Gasteiger partial charge in [-0.25, -0.2) is 9.78 Å². The molecule has 9 N–H and O–H groups in total. The highest BCUT2D eigenvalue weighted by Crippen LogP contribution is 2.13. The summed E-state index contributed by atoms with van der Waals surface area (Å²) in [5, 5.41) is 17.2. The van der Waals surface area contributed by atoms with Gasteiger partial charge in [0.25, 0.3) is 0 Å². The van der Waals surface area contributed by atoms with Crippen LogP contribution >= 0.6 is 0 Å². The molecule has 1 aromatic rings. The second-order valence-corrected chi connectivity index (χ2v) is 8.70. The molecule has 0 saturated heterocycles. The number of hydrogen-bond donors (Lipinski definition) is 7. The Morgan fingerprint density at radius 2 is 1.54 bits per heavy atom. The van der Waals surface area contributed by atoms with Crippen LogP contribution < -0.4 is 27.4 Å². The molecule has 0 aromatic carbocycles. The first-order valence-electron chi connectivity index (χ1n) is 11.6. The zero-order valence-electron chi connectivity index (χ0n) is 20.5. The van der Waals surface area contributed by atoms with E-state index in [2.05, 4.69) is 25.9 Å². The van der Waals surface area contributed by atoms with E-state index in [1.807, 2.05) is 13.8 Å². The number of carboxylic acid groups (broad SMARTS) is 1. The average molecular weight is 496 g/mol. The molecule has 6 atom stereocenters. The van der Waals surface area contributed by atoms with Gasteiger partial charge in [0.05, 0.1) is 18.8 Å². The first-order valence-corrected chi connectivity index (χ1v) is 11.6. The van der Waals surface area contributed by atoms with Crippen molar-refractivity contribution in [1.82, 2.24) is 25.9 Å². The summed E-state index contributed by atoms with van der Waals surface area (Å²) in [6.45, 7) is 7.09. The van der Waals surface area contributed by atoms with Gasteiger partial charge in [-0.1, -0.05) is 40.5 Å². The molecule has 0 saturated carbocycles. The third kappa shape index (κ3) is 9.35. The van der Waals surface area contributed by atoms with Gasteiger partial charge in [0.15, 0.2) is 0 Å². The fraction of sp³-hybridized carbons (Fsp3) is 0.636. The molecule has 1 aromatic heterocycles. The summed E-state index contributed by atoms with van der Waals surface area (Å²) in [4.78, 5) is 68.2. The third-order valence-corrected chi connectivity index (χ3v) is 5.94. The third-order valence-electron chi connectivity index (χ3n) is 5.94. The van der Waals surface area contributed by atoms with Crippen LogP contribution in [0.5, 0.6) is 0 Å². The monoisotopic (exact) mass is 495 g/mol. The van der Waals surface area contributed by atoms with E-state index >= 15 is 0 Å². The molecule has 4 amide bonds. The molecule has 35 heavy (non-hydrogen) atoms. The maximum atomic E-state index is 13.2. The van der Waals surface area contributed by atoms with Gasteiger partial charge >= 0.3 is 5.97 Å². The summed E-state index contributed by atoms with van der Waals surface area (Å²) in [6, 6.07) is -4.60. The number of carboxylic acids is 1. The van der Waals surface area contributed by atoms with Crippen LogP contribution in [0.4, 0.5) is 0 Å². The minimum Gasteiger partial charge on any atom is -0.480 e.